The number of urea groups is 1. The van der Waals surface area contributed by atoms with Gasteiger partial charge >= 0.3 is 6.03 Å². The van der Waals surface area contributed by atoms with E-state index in [4.69, 9.17) is 21.4 Å². The number of nitrogens with zero attached hydrogens (tertiary/aromatic N) is 1. The first-order chi connectivity index (χ1) is 9.62. The number of hydrogen-bond donors (Lipinski definition) is 2. The maximum atomic E-state index is 11.9. The second-order valence-electron chi connectivity index (χ2n) is 4.23. The third-order valence-electron chi connectivity index (χ3n) is 2.68. The number of hydrogen-bond acceptors (Lipinski definition) is 3. The molecule has 0 spiro atoms. The first kappa shape index (κ1) is 16.6. The van der Waals surface area contributed by atoms with Crippen molar-refractivity contribution in [3.8, 4) is 5.75 Å². The van der Waals surface area contributed by atoms with Gasteiger partial charge in [-0.15, -0.1) is 0 Å². The van der Waals surface area contributed by atoms with E-state index in [2.05, 4.69) is 5.32 Å². The lowest BCUT2D eigenvalue weighted by atomic mass is 10.3. The number of anilines is 1. The molecule has 0 radical (unpaired) electrons. The predicted octanol–water partition coefficient (Wildman–Crippen LogP) is 2.97. The Kier molecular flexibility index (Phi) is 7.18. The molecular formula is C14H21ClN2O3. The van der Waals surface area contributed by atoms with Gasteiger partial charge in [-0.3, -0.25) is 0 Å². The first-order valence-electron chi connectivity index (χ1n) is 6.71. The van der Waals surface area contributed by atoms with Crippen molar-refractivity contribution in [2.24, 2.45) is 0 Å². The van der Waals surface area contributed by atoms with E-state index in [1.54, 1.807) is 18.2 Å². The molecule has 0 saturated carbocycles. The van der Waals surface area contributed by atoms with Crippen LogP contribution in [-0.2, 0) is 0 Å². The second-order valence-corrected chi connectivity index (χ2v) is 4.63. The van der Waals surface area contributed by atoms with Gasteiger partial charge in [0.25, 0.3) is 0 Å². The van der Waals surface area contributed by atoms with Crippen LogP contribution in [0.5, 0.6) is 5.75 Å². The minimum atomic E-state index is -0.264. The molecule has 0 atom stereocenters. The van der Waals surface area contributed by atoms with Crippen LogP contribution in [0.2, 0.25) is 5.02 Å². The third kappa shape index (κ3) is 4.90. The molecule has 1 rings (SSSR count). The highest BCUT2D eigenvalue weighted by atomic mass is 35.5. The van der Waals surface area contributed by atoms with Crippen molar-refractivity contribution in [2.75, 3.05) is 31.6 Å². The van der Waals surface area contributed by atoms with E-state index in [1.165, 1.54) is 4.90 Å². The van der Waals surface area contributed by atoms with Gasteiger partial charge in [0, 0.05) is 18.8 Å². The fourth-order valence-electron chi connectivity index (χ4n) is 1.63. The van der Waals surface area contributed by atoms with Gasteiger partial charge in [-0.25, -0.2) is 4.79 Å². The summed E-state index contributed by atoms with van der Waals surface area (Å²) < 4.78 is 5.46. The average molecular weight is 301 g/mol. The van der Waals surface area contributed by atoms with Crippen molar-refractivity contribution >= 4 is 23.3 Å². The number of amides is 2. The van der Waals surface area contributed by atoms with Crippen LogP contribution in [0.15, 0.2) is 18.2 Å². The maximum absolute atomic E-state index is 11.9. The summed E-state index contributed by atoms with van der Waals surface area (Å²) in [5, 5.41) is 12.1. The maximum Gasteiger partial charge on any atom is 0.321 e. The van der Waals surface area contributed by atoms with Crippen molar-refractivity contribution in [2.45, 2.75) is 20.3 Å². The quantitative estimate of drug-likeness (QED) is 0.814. The Labute approximate surface area is 124 Å². The normalized spacial score (nSPS) is 10.2. The molecule has 0 fully saturated rings. The van der Waals surface area contributed by atoms with Gasteiger partial charge in [-0.2, -0.15) is 0 Å². The van der Waals surface area contributed by atoms with Crippen LogP contribution in [0.25, 0.3) is 0 Å². The minimum Gasteiger partial charge on any atom is -0.492 e. The van der Waals surface area contributed by atoms with Crippen LogP contribution >= 0.6 is 11.6 Å². The standard InChI is InChI=1S/C14H21ClN2O3/c1-3-9-20-13-6-5-11(10-12(13)15)16-14(19)17(4-2)7-8-18/h5-6,10,18H,3-4,7-9H2,1-2H3,(H,16,19). The fraction of sp³-hybridized carbons (Fsp3) is 0.500. The van der Waals surface area contributed by atoms with Gasteiger partial charge < -0.3 is 20.1 Å². The van der Waals surface area contributed by atoms with Crippen molar-refractivity contribution in [1.82, 2.24) is 4.90 Å². The Hall–Kier alpha value is -1.46. The SMILES string of the molecule is CCCOc1ccc(NC(=O)N(CC)CCO)cc1Cl. The molecule has 20 heavy (non-hydrogen) atoms. The highest BCUT2D eigenvalue weighted by molar-refractivity contribution is 6.32. The zero-order chi connectivity index (χ0) is 15.0. The van der Waals surface area contributed by atoms with Crippen LogP contribution in [-0.4, -0.2) is 42.3 Å². The summed E-state index contributed by atoms with van der Waals surface area (Å²) in [4.78, 5) is 13.4. The molecule has 0 aromatic heterocycles. The van der Waals surface area contributed by atoms with E-state index in [1.807, 2.05) is 13.8 Å². The summed E-state index contributed by atoms with van der Waals surface area (Å²) in [6.07, 6.45) is 0.904. The number of benzene rings is 1. The Morgan fingerprint density at radius 1 is 1.45 bits per heavy atom. The third-order valence-corrected chi connectivity index (χ3v) is 2.98. The second kappa shape index (κ2) is 8.66. The number of nitrogens with one attached hydrogen (secondary N) is 1. The molecule has 2 N–H and O–H groups in total. The van der Waals surface area contributed by atoms with E-state index in [9.17, 15) is 4.79 Å². The van der Waals surface area contributed by atoms with Gasteiger partial charge in [0.1, 0.15) is 5.75 Å². The smallest absolute Gasteiger partial charge is 0.321 e. The number of carbonyl (C=O) groups excluding carboxylic acids is 1. The molecule has 5 nitrogen and oxygen atoms in total. The summed E-state index contributed by atoms with van der Waals surface area (Å²) in [5.41, 5.74) is 0.597. The Balaban J connectivity index is 2.68. The Morgan fingerprint density at radius 3 is 2.75 bits per heavy atom. The summed E-state index contributed by atoms with van der Waals surface area (Å²) in [6, 6.07) is 4.86. The molecular weight excluding hydrogens is 280 g/mol. The van der Waals surface area contributed by atoms with Crippen LogP contribution < -0.4 is 10.1 Å². The molecule has 0 saturated heterocycles. The van der Waals surface area contributed by atoms with Crippen LogP contribution in [0, 0.1) is 0 Å². The Morgan fingerprint density at radius 2 is 2.20 bits per heavy atom. The monoisotopic (exact) mass is 300 g/mol. The number of likely N-dealkylation sites (N-methyl/N-ethyl adjacent to an activating group) is 1. The van der Waals surface area contributed by atoms with Gasteiger partial charge in [-0.1, -0.05) is 18.5 Å². The number of aliphatic hydroxyl groups is 1. The first-order valence-corrected chi connectivity index (χ1v) is 7.09. The lowest BCUT2D eigenvalue weighted by Gasteiger charge is -2.20. The van der Waals surface area contributed by atoms with Gasteiger partial charge in [-0.05, 0) is 31.5 Å². The van der Waals surface area contributed by atoms with Gasteiger partial charge in [0.15, 0.2) is 0 Å². The molecule has 0 aliphatic heterocycles. The van der Waals surface area contributed by atoms with Crippen LogP contribution in [0.3, 0.4) is 0 Å². The molecule has 112 valence electrons. The summed E-state index contributed by atoms with van der Waals surface area (Å²) in [6.45, 7) is 5.23. The highest BCUT2D eigenvalue weighted by Gasteiger charge is 2.11. The van der Waals surface area contributed by atoms with E-state index < -0.39 is 0 Å². The van der Waals surface area contributed by atoms with Crippen molar-refractivity contribution in [3.63, 3.8) is 0 Å². The minimum absolute atomic E-state index is 0.0637. The molecule has 6 heteroatoms. The fourth-order valence-corrected chi connectivity index (χ4v) is 1.87. The van der Waals surface area contributed by atoms with Crippen molar-refractivity contribution in [1.29, 1.82) is 0 Å². The molecule has 0 heterocycles. The number of rotatable bonds is 7. The predicted molar refractivity (Wildman–Crippen MR) is 80.6 cm³/mol. The summed E-state index contributed by atoms with van der Waals surface area (Å²) in [5.74, 6) is 0.606. The van der Waals surface area contributed by atoms with Crippen LogP contribution in [0.4, 0.5) is 10.5 Å². The molecule has 0 bridgehead atoms. The molecule has 1 aromatic carbocycles. The molecule has 0 unspecified atom stereocenters. The average Bonchev–Trinajstić information content (AvgIpc) is 2.43. The van der Waals surface area contributed by atoms with E-state index in [0.29, 0.717) is 36.2 Å². The Bertz CT molecular complexity index is 440. The summed E-state index contributed by atoms with van der Waals surface area (Å²) >= 11 is 6.09. The topological polar surface area (TPSA) is 61.8 Å². The molecule has 0 aliphatic rings. The van der Waals surface area contributed by atoms with E-state index >= 15 is 0 Å². The van der Waals surface area contributed by atoms with Crippen molar-refractivity contribution in [3.05, 3.63) is 23.2 Å². The molecule has 2 amide bonds. The zero-order valence-corrected chi connectivity index (χ0v) is 12.6. The van der Waals surface area contributed by atoms with Gasteiger partial charge in [0.05, 0.1) is 18.2 Å². The number of aliphatic hydroxyl groups excluding tert-OH is 1. The molecule has 1 aromatic rings. The van der Waals surface area contributed by atoms with E-state index in [0.717, 1.165) is 6.42 Å². The number of ether oxygens (including phenoxy) is 1. The zero-order valence-electron chi connectivity index (χ0n) is 11.9. The van der Waals surface area contributed by atoms with Gasteiger partial charge in [0.2, 0.25) is 0 Å². The lowest BCUT2D eigenvalue weighted by Crippen LogP contribution is -2.36. The van der Waals surface area contributed by atoms with E-state index in [-0.39, 0.29) is 12.6 Å². The van der Waals surface area contributed by atoms with Crippen LogP contribution in [0.1, 0.15) is 20.3 Å². The lowest BCUT2D eigenvalue weighted by molar-refractivity contribution is 0.192. The summed E-state index contributed by atoms with van der Waals surface area (Å²) in [7, 11) is 0. The molecule has 0 aliphatic carbocycles. The van der Waals surface area contributed by atoms with Crippen molar-refractivity contribution < 1.29 is 14.6 Å². The number of halogens is 1. The highest BCUT2D eigenvalue weighted by Crippen LogP contribution is 2.27. The number of carbonyl (C=O) groups is 1. The largest absolute Gasteiger partial charge is 0.492 e.